The highest BCUT2D eigenvalue weighted by Gasteiger charge is 2.21. The first kappa shape index (κ1) is 14.7. The Morgan fingerprint density at radius 2 is 1.64 bits per heavy atom. The maximum absolute atomic E-state index is 5.57. The van der Waals surface area contributed by atoms with Crippen LogP contribution in [0.2, 0.25) is 0 Å². The van der Waals surface area contributed by atoms with Gasteiger partial charge < -0.3 is 4.74 Å². The summed E-state index contributed by atoms with van der Waals surface area (Å²) < 4.78 is 6.68. The van der Waals surface area contributed by atoms with Crippen molar-refractivity contribution in [2.45, 2.75) is 52.9 Å². The molecule has 3 heteroatoms. The fraction of sp³-hybridized carbons (Fsp3) is 0.818. The zero-order valence-electron chi connectivity index (χ0n) is 10.1. The van der Waals surface area contributed by atoms with Crippen molar-refractivity contribution in [1.82, 2.24) is 0 Å². The first-order chi connectivity index (χ1) is 6.41. The van der Waals surface area contributed by atoms with Crippen LogP contribution < -0.4 is 0 Å². The molecule has 0 aliphatic heterocycles. The number of ether oxygens (including phenoxy) is 1. The number of allylic oxidation sites excluding steroid dienone is 1. The highest BCUT2D eigenvalue weighted by molar-refractivity contribution is 14.1. The van der Waals surface area contributed by atoms with Crippen LogP contribution in [0, 0.1) is 0 Å². The third-order valence-corrected chi connectivity index (χ3v) is 6.81. The van der Waals surface area contributed by atoms with Gasteiger partial charge in [-0.25, -0.2) is 0 Å². The van der Waals surface area contributed by atoms with E-state index >= 15 is 0 Å². The van der Waals surface area contributed by atoms with E-state index in [2.05, 4.69) is 57.2 Å². The molecule has 0 aromatic carbocycles. The van der Waals surface area contributed by atoms with Crippen LogP contribution in [0.4, 0.5) is 0 Å². The standard InChI is InChI=1S/C11H22IOP/c1-7-13-11(12)10(6)14(8(2)3)9(4)5/h8-9H,7H2,1-6H3/b11-10-. The number of halogens is 1. The summed E-state index contributed by atoms with van der Waals surface area (Å²) in [5, 5.41) is 1.47. The van der Waals surface area contributed by atoms with Gasteiger partial charge in [0, 0.05) is 0 Å². The SMILES string of the molecule is CCO/C(I)=C(/C)P(C(C)C)C(C)C. The lowest BCUT2D eigenvalue weighted by Gasteiger charge is -2.27. The second-order valence-electron chi connectivity index (χ2n) is 3.89. The van der Waals surface area contributed by atoms with Crippen molar-refractivity contribution in [3.8, 4) is 0 Å². The molecule has 14 heavy (non-hydrogen) atoms. The molecular weight excluding hydrogens is 306 g/mol. The van der Waals surface area contributed by atoms with Gasteiger partial charge in [-0.15, -0.1) is 0 Å². The monoisotopic (exact) mass is 328 g/mol. The minimum absolute atomic E-state index is 0.0437. The minimum Gasteiger partial charge on any atom is -0.488 e. The predicted molar refractivity (Wildman–Crippen MR) is 75.5 cm³/mol. The Balaban J connectivity index is 4.74. The summed E-state index contributed by atoms with van der Waals surface area (Å²) in [7, 11) is -0.0437. The maximum Gasteiger partial charge on any atom is 0.159 e. The van der Waals surface area contributed by atoms with E-state index in [1.807, 2.05) is 6.92 Å². The van der Waals surface area contributed by atoms with E-state index in [0.717, 1.165) is 21.7 Å². The van der Waals surface area contributed by atoms with Crippen molar-refractivity contribution in [2.24, 2.45) is 0 Å². The molecule has 0 aromatic rings. The average molecular weight is 328 g/mol. The van der Waals surface area contributed by atoms with Crippen molar-refractivity contribution in [2.75, 3.05) is 6.61 Å². The lowest BCUT2D eigenvalue weighted by atomic mass is 10.5. The molecule has 0 amide bonds. The van der Waals surface area contributed by atoms with E-state index in [1.54, 1.807) is 0 Å². The molecule has 0 N–H and O–H groups in total. The van der Waals surface area contributed by atoms with Gasteiger partial charge in [-0.05, 0) is 53.1 Å². The zero-order chi connectivity index (χ0) is 11.3. The van der Waals surface area contributed by atoms with Gasteiger partial charge in [-0.2, -0.15) is 0 Å². The van der Waals surface area contributed by atoms with E-state index in [0.29, 0.717) is 0 Å². The summed E-state index contributed by atoms with van der Waals surface area (Å²) in [5.74, 6) is 0. The van der Waals surface area contributed by atoms with Crippen molar-refractivity contribution in [3.05, 3.63) is 9.08 Å². The molecule has 0 saturated heterocycles. The lowest BCUT2D eigenvalue weighted by Crippen LogP contribution is -2.05. The minimum atomic E-state index is -0.0437. The van der Waals surface area contributed by atoms with Crippen LogP contribution in [0.5, 0.6) is 0 Å². The second kappa shape index (κ2) is 7.05. The van der Waals surface area contributed by atoms with Crippen molar-refractivity contribution >= 4 is 30.5 Å². The predicted octanol–water partition coefficient (Wildman–Crippen LogP) is 4.95. The summed E-state index contributed by atoms with van der Waals surface area (Å²) >= 11 is 2.32. The Kier molecular flexibility index (Phi) is 7.41. The molecule has 0 rings (SSSR count). The van der Waals surface area contributed by atoms with Crippen molar-refractivity contribution in [3.63, 3.8) is 0 Å². The summed E-state index contributed by atoms with van der Waals surface area (Å²) in [5.41, 5.74) is 1.49. The van der Waals surface area contributed by atoms with Crippen LogP contribution >= 0.6 is 30.5 Å². The molecule has 0 heterocycles. The Hall–Kier alpha value is 0.700. The molecule has 84 valence electrons. The van der Waals surface area contributed by atoms with Crippen LogP contribution in [0.25, 0.3) is 0 Å². The average Bonchev–Trinajstić information content (AvgIpc) is 2.03. The smallest absolute Gasteiger partial charge is 0.159 e. The van der Waals surface area contributed by atoms with E-state index in [-0.39, 0.29) is 7.92 Å². The van der Waals surface area contributed by atoms with Gasteiger partial charge in [0.05, 0.1) is 6.61 Å². The highest BCUT2D eigenvalue weighted by atomic mass is 127. The third-order valence-electron chi connectivity index (χ3n) is 2.06. The Morgan fingerprint density at radius 3 is 1.93 bits per heavy atom. The number of hydrogen-bond donors (Lipinski definition) is 0. The van der Waals surface area contributed by atoms with E-state index in [9.17, 15) is 0 Å². The third kappa shape index (κ3) is 4.48. The normalized spacial score (nSPS) is 13.9. The first-order valence-electron chi connectivity index (χ1n) is 5.19. The molecule has 1 nitrogen and oxygen atoms in total. The van der Waals surface area contributed by atoms with Gasteiger partial charge in [-0.3, -0.25) is 0 Å². The fourth-order valence-electron chi connectivity index (χ4n) is 1.70. The van der Waals surface area contributed by atoms with E-state index in [4.69, 9.17) is 4.74 Å². The quantitative estimate of drug-likeness (QED) is 0.394. The first-order valence-corrected chi connectivity index (χ1v) is 7.75. The van der Waals surface area contributed by atoms with E-state index < -0.39 is 0 Å². The molecule has 0 fully saturated rings. The van der Waals surface area contributed by atoms with Gasteiger partial charge in [0.15, 0.2) is 3.77 Å². The van der Waals surface area contributed by atoms with Gasteiger partial charge >= 0.3 is 0 Å². The van der Waals surface area contributed by atoms with Gasteiger partial charge in [-0.1, -0.05) is 35.6 Å². The van der Waals surface area contributed by atoms with E-state index in [1.165, 1.54) is 5.31 Å². The number of hydrogen-bond acceptors (Lipinski definition) is 1. The van der Waals surface area contributed by atoms with Crippen LogP contribution in [0.3, 0.4) is 0 Å². The van der Waals surface area contributed by atoms with Gasteiger partial charge in [0.1, 0.15) is 0 Å². The molecule has 0 unspecified atom stereocenters. The number of rotatable bonds is 5. The molecule has 0 atom stereocenters. The lowest BCUT2D eigenvalue weighted by molar-refractivity contribution is 0.262. The zero-order valence-corrected chi connectivity index (χ0v) is 13.1. The summed E-state index contributed by atoms with van der Waals surface area (Å²) in [6.07, 6.45) is 0. The van der Waals surface area contributed by atoms with Crippen LogP contribution in [0.1, 0.15) is 41.5 Å². The topological polar surface area (TPSA) is 9.23 Å². The Labute approximate surface area is 104 Å². The Morgan fingerprint density at radius 1 is 1.21 bits per heavy atom. The van der Waals surface area contributed by atoms with Gasteiger partial charge in [0.25, 0.3) is 0 Å². The molecule has 0 bridgehead atoms. The molecule has 0 aliphatic rings. The molecule has 0 saturated carbocycles. The van der Waals surface area contributed by atoms with Gasteiger partial charge in [0.2, 0.25) is 0 Å². The highest BCUT2D eigenvalue weighted by Crippen LogP contribution is 2.54. The molecular formula is C11H22IOP. The largest absolute Gasteiger partial charge is 0.488 e. The van der Waals surface area contributed by atoms with Crippen LogP contribution in [-0.4, -0.2) is 17.9 Å². The molecule has 0 aliphatic carbocycles. The van der Waals surface area contributed by atoms with Crippen LogP contribution in [-0.2, 0) is 4.74 Å². The summed E-state index contributed by atoms with van der Waals surface area (Å²) in [4.78, 5) is 0. The fourth-order valence-corrected chi connectivity index (χ4v) is 5.86. The Bertz CT molecular complexity index is 191. The van der Waals surface area contributed by atoms with Crippen LogP contribution in [0.15, 0.2) is 9.08 Å². The maximum atomic E-state index is 5.57. The summed E-state index contributed by atoms with van der Waals surface area (Å²) in [6, 6.07) is 0. The molecule has 0 spiro atoms. The van der Waals surface area contributed by atoms with Crippen molar-refractivity contribution in [1.29, 1.82) is 0 Å². The second-order valence-corrected chi connectivity index (χ2v) is 8.42. The van der Waals surface area contributed by atoms with Crippen molar-refractivity contribution < 1.29 is 4.74 Å². The molecule has 0 aromatic heterocycles. The summed E-state index contributed by atoms with van der Waals surface area (Å²) in [6.45, 7) is 14.3. The molecule has 0 radical (unpaired) electrons.